The highest BCUT2D eigenvalue weighted by atomic mass is 16.5. The minimum absolute atomic E-state index is 0.0660. The Morgan fingerprint density at radius 3 is 2.62 bits per heavy atom. The molecule has 0 bridgehead atoms. The summed E-state index contributed by atoms with van der Waals surface area (Å²) in [6.07, 6.45) is 0. The van der Waals surface area contributed by atoms with Gasteiger partial charge in [-0.3, -0.25) is 4.79 Å². The monoisotopic (exact) mass is 387 g/mol. The summed E-state index contributed by atoms with van der Waals surface area (Å²) in [5.74, 6) is 1.40. The van der Waals surface area contributed by atoms with Crippen molar-refractivity contribution in [3.05, 3.63) is 78.2 Å². The second-order valence-corrected chi connectivity index (χ2v) is 6.89. The Kier molecular flexibility index (Phi) is 5.24. The van der Waals surface area contributed by atoms with Crippen LogP contribution in [0.5, 0.6) is 5.75 Å². The van der Waals surface area contributed by atoms with Crippen LogP contribution in [0.1, 0.15) is 11.5 Å². The molecule has 0 saturated heterocycles. The number of benzene rings is 3. The van der Waals surface area contributed by atoms with E-state index in [2.05, 4.69) is 10.1 Å². The average Bonchev–Trinajstić information content (AvgIpc) is 3.20. The number of carbonyl (C=O) groups is 1. The Balaban J connectivity index is 1.38. The lowest BCUT2D eigenvalue weighted by molar-refractivity contribution is -0.132. The number of rotatable bonds is 6. The molecule has 29 heavy (non-hydrogen) atoms. The lowest BCUT2D eigenvalue weighted by atomic mass is 10.1. The van der Waals surface area contributed by atoms with Crippen molar-refractivity contribution in [1.82, 2.24) is 15.0 Å². The molecule has 4 rings (SSSR count). The molecule has 4 aromatic rings. The normalized spacial score (nSPS) is 10.8. The second-order valence-electron chi connectivity index (χ2n) is 6.89. The number of hydrogen-bond acceptors (Lipinski definition) is 5. The van der Waals surface area contributed by atoms with Crippen LogP contribution in [0, 0.1) is 6.92 Å². The molecule has 0 fully saturated rings. The molecule has 3 aromatic carbocycles. The highest BCUT2D eigenvalue weighted by Gasteiger charge is 2.16. The quantitative estimate of drug-likeness (QED) is 0.495. The molecule has 0 radical (unpaired) electrons. The number of aryl methyl sites for hydroxylation is 1. The molecule has 6 heteroatoms. The lowest BCUT2D eigenvalue weighted by Crippen LogP contribution is -2.31. The maximum absolute atomic E-state index is 12.5. The molecule has 0 aliphatic heterocycles. The minimum atomic E-state index is -0.173. The third-order valence-electron chi connectivity index (χ3n) is 4.68. The first kappa shape index (κ1) is 18.7. The summed E-state index contributed by atoms with van der Waals surface area (Å²) < 4.78 is 11.1. The summed E-state index contributed by atoms with van der Waals surface area (Å²) in [4.78, 5) is 18.4. The van der Waals surface area contributed by atoms with Gasteiger partial charge in [0, 0.05) is 18.0 Å². The fourth-order valence-corrected chi connectivity index (χ4v) is 3.00. The van der Waals surface area contributed by atoms with Crippen LogP contribution < -0.4 is 4.74 Å². The van der Waals surface area contributed by atoms with Crippen LogP contribution in [0.25, 0.3) is 22.2 Å². The highest BCUT2D eigenvalue weighted by molar-refractivity contribution is 5.88. The van der Waals surface area contributed by atoms with E-state index in [4.69, 9.17) is 9.26 Å². The zero-order valence-electron chi connectivity index (χ0n) is 16.3. The van der Waals surface area contributed by atoms with E-state index in [0.717, 1.165) is 21.9 Å². The fourth-order valence-electron chi connectivity index (χ4n) is 3.00. The van der Waals surface area contributed by atoms with Gasteiger partial charge in [0.1, 0.15) is 5.75 Å². The van der Waals surface area contributed by atoms with Gasteiger partial charge in [-0.2, -0.15) is 4.98 Å². The van der Waals surface area contributed by atoms with Gasteiger partial charge in [-0.1, -0.05) is 71.4 Å². The van der Waals surface area contributed by atoms with Crippen molar-refractivity contribution >= 4 is 16.7 Å². The molecular weight excluding hydrogens is 366 g/mol. The highest BCUT2D eigenvalue weighted by Crippen LogP contribution is 2.25. The van der Waals surface area contributed by atoms with Crippen LogP contribution in [0.15, 0.2) is 71.3 Å². The zero-order valence-corrected chi connectivity index (χ0v) is 16.3. The molecule has 146 valence electrons. The first-order valence-electron chi connectivity index (χ1n) is 9.34. The van der Waals surface area contributed by atoms with Crippen LogP contribution in [-0.2, 0) is 11.3 Å². The van der Waals surface area contributed by atoms with E-state index in [1.165, 1.54) is 4.90 Å². The van der Waals surface area contributed by atoms with Crippen molar-refractivity contribution in [2.24, 2.45) is 0 Å². The third kappa shape index (κ3) is 4.27. The van der Waals surface area contributed by atoms with Gasteiger partial charge in [-0.05, 0) is 18.4 Å². The summed E-state index contributed by atoms with van der Waals surface area (Å²) in [7, 11) is 1.69. The van der Waals surface area contributed by atoms with Gasteiger partial charge < -0.3 is 14.2 Å². The van der Waals surface area contributed by atoms with Crippen molar-refractivity contribution in [2.45, 2.75) is 13.5 Å². The molecule has 1 amide bonds. The van der Waals surface area contributed by atoms with E-state index < -0.39 is 0 Å². The van der Waals surface area contributed by atoms with E-state index in [0.29, 0.717) is 17.5 Å². The zero-order chi connectivity index (χ0) is 20.2. The van der Waals surface area contributed by atoms with E-state index in [1.807, 2.05) is 73.7 Å². The van der Waals surface area contributed by atoms with Gasteiger partial charge >= 0.3 is 0 Å². The first-order chi connectivity index (χ1) is 14.1. The molecule has 0 spiro atoms. The molecule has 0 N–H and O–H groups in total. The maximum atomic E-state index is 12.5. The summed E-state index contributed by atoms with van der Waals surface area (Å²) in [6, 6.07) is 21.6. The van der Waals surface area contributed by atoms with E-state index >= 15 is 0 Å². The van der Waals surface area contributed by atoms with Crippen LogP contribution in [0.3, 0.4) is 0 Å². The standard InChI is InChI=1S/C23H21N3O3/c1-16-10-12-18(13-11-16)23-24-21(29-25-23)14-26(2)22(27)15-28-20-9-5-7-17-6-3-4-8-19(17)20/h3-13H,14-15H2,1-2H3. The Labute approximate surface area is 168 Å². The maximum Gasteiger partial charge on any atom is 0.260 e. The molecular formula is C23H21N3O3. The summed E-state index contributed by atoms with van der Waals surface area (Å²) in [6.45, 7) is 2.17. The van der Waals surface area contributed by atoms with Crippen LogP contribution in [0.2, 0.25) is 0 Å². The molecule has 0 aliphatic carbocycles. The van der Waals surface area contributed by atoms with Crippen LogP contribution in [-0.4, -0.2) is 34.6 Å². The predicted molar refractivity (Wildman–Crippen MR) is 110 cm³/mol. The van der Waals surface area contributed by atoms with Crippen molar-refractivity contribution in [3.63, 3.8) is 0 Å². The largest absolute Gasteiger partial charge is 0.483 e. The molecule has 6 nitrogen and oxygen atoms in total. The first-order valence-corrected chi connectivity index (χ1v) is 9.34. The molecule has 0 aliphatic rings. The number of aromatic nitrogens is 2. The summed E-state index contributed by atoms with van der Waals surface area (Å²) in [5, 5.41) is 6.05. The van der Waals surface area contributed by atoms with Crippen LogP contribution in [0.4, 0.5) is 0 Å². The molecule has 0 saturated carbocycles. The number of hydrogen-bond donors (Lipinski definition) is 0. The summed E-state index contributed by atoms with van der Waals surface area (Å²) >= 11 is 0. The molecule has 1 heterocycles. The lowest BCUT2D eigenvalue weighted by Gasteiger charge is -2.16. The number of likely N-dealkylation sites (N-methyl/N-ethyl adjacent to an activating group) is 1. The summed E-state index contributed by atoms with van der Waals surface area (Å²) in [5.41, 5.74) is 2.04. The number of amides is 1. The predicted octanol–water partition coefficient (Wildman–Crippen LogP) is 4.24. The van der Waals surface area contributed by atoms with Gasteiger partial charge in [0.2, 0.25) is 11.7 Å². The molecule has 0 unspecified atom stereocenters. The Morgan fingerprint density at radius 1 is 1.03 bits per heavy atom. The van der Waals surface area contributed by atoms with Gasteiger partial charge in [-0.15, -0.1) is 0 Å². The Morgan fingerprint density at radius 2 is 1.79 bits per heavy atom. The van der Waals surface area contributed by atoms with E-state index in [-0.39, 0.29) is 19.1 Å². The van der Waals surface area contributed by atoms with Crippen molar-refractivity contribution in [3.8, 4) is 17.1 Å². The van der Waals surface area contributed by atoms with Gasteiger partial charge in [0.15, 0.2) is 6.61 Å². The third-order valence-corrected chi connectivity index (χ3v) is 4.68. The molecule has 0 atom stereocenters. The Bertz CT molecular complexity index is 1130. The van der Waals surface area contributed by atoms with Gasteiger partial charge in [-0.25, -0.2) is 0 Å². The number of carbonyl (C=O) groups excluding carboxylic acids is 1. The van der Waals surface area contributed by atoms with Crippen molar-refractivity contribution in [2.75, 3.05) is 13.7 Å². The SMILES string of the molecule is Cc1ccc(-c2noc(CN(C)C(=O)COc3cccc4ccccc34)n2)cc1. The van der Waals surface area contributed by atoms with E-state index in [1.54, 1.807) is 7.05 Å². The van der Waals surface area contributed by atoms with Crippen molar-refractivity contribution in [1.29, 1.82) is 0 Å². The van der Waals surface area contributed by atoms with Crippen molar-refractivity contribution < 1.29 is 14.1 Å². The van der Waals surface area contributed by atoms with E-state index in [9.17, 15) is 4.79 Å². The molecule has 1 aromatic heterocycles. The number of ether oxygens (including phenoxy) is 1. The Hall–Kier alpha value is -3.67. The fraction of sp³-hybridized carbons (Fsp3) is 0.174. The van der Waals surface area contributed by atoms with Gasteiger partial charge in [0.25, 0.3) is 5.91 Å². The minimum Gasteiger partial charge on any atom is -0.483 e. The average molecular weight is 387 g/mol. The van der Waals surface area contributed by atoms with Gasteiger partial charge in [0.05, 0.1) is 6.54 Å². The topological polar surface area (TPSA) is 68.5 Å². The smallest absolute Gasteiger partial charge is 0.260 e. The number of fused-ring (bicyclic) bond motifs is 1. The second kappa shape index (κ2) is 8.14. The van der Waals surface area contributed by atoms with Crippen LogP contribution >= 0.6 is 0 Å². The number of nitrogens with zero attached hydrogens (tertiary/aromatic N) is 3.